The van der Waals surface area contributed by atoms with Gasteiger partial charge in [-0.15, -0.1) is 12.3 Å². The van der Waals surface area contributed by atoms with E-state index in [4.69, 9.17) is 11.2 Å². The molecule has 2 N–H and O–H groups in total. The van der Waals surface area contributed by atoms with Gasteiger partial charge in [-0.05, 0) is 44.5 Å². The third kappa shape index (κ3) is 4.38. The number of terminal acetylenes is 1. The van der Waals surface area contributed by atoms with E-state index in [1.165, 1.54) is 12.1 Å². The summed E-state index contributed by atoms with van der Waals surface area (Å²) in [6.07, 6.45) is 5.01. The van der Waals surface area contributed by atoms with Crippen LogP contribution in [0.2, 0.25) is 0 Å². The highest BCUT2D eigenvalue weighted by Gasteiger charge is 2.17. The van der Waals surface area contributed by atoms with Crippen molar-refractivity contribution >= 4 is 11.8 Å². The zero-order valence-electron chi connectivity index (χ0n) is 10.8. The van der Waals surface area contributed by atoms with Gasteiger partial charge in [0.15, 0.2) is 0 Å². The van der Waals surface area contributed by atoms with Crippen molar-refractivity contribution in [1.29, 1.82) is 0 Å². The first kappa shape index (κ1) is 13.9. The number of carbonyl (C=O) groups excluding carboxylic acids is 1. The largest absolute Gasteiger partial charge is 0.508 e. The first-order chi connectivity index (χ1) is 8.31. The second-order valence-corrected chi connectivity index (χ2v) is 4.85. The zero-order chi connectivity index (χ0) is 13.8. The van der Waals surface area contributed by atoms with Crippen LogP contribution in [0.5, 0.6) is 5.75 Å². The summed E-state index contributed by atoms with van der Waals surface area (Å²) in [5.74, 6) is 2.58. The van der Waals surface area contributed by atoms with Gasteiger partial charge in [-0.3, -0.25) is 5.32 Å². The lowest BCUT2D eigenvalue weighted by atomic mass is 10.1. The Morgan fingerprint density at radius 3 is 2.72 bits per heavy atom. The third-order valence-electron chi connectivity index (χ3n) is 2.02. The quantitative estimate of drug-likeness (QED) is 0.624. The van der Waals surface area contributed by atoms with Gasteiger partial charge in [0.25, 0.3) is 0 Å². The average Bonchev–Trinajstić information content (AvgIpc) is 2.20. The molecule has 96 valence electrons. The molecule has 0 radical (unpaired) electrons. The van der Waals surface area contributed by atoms with E-state index < -0.39 is 11.7 Å². The van der Waals surface area contributed by atoms with Gasteiger partial charge in [0.05, 0.1) is 0 Å². The number of hydrogen-bond acceptors (Lipinski definition) is 3. The number of phenols is 1. The van der Waals surface area contributed by atoms with E-state index in [-0.39, 0.29) is 5.75 Å². The van der Waals surface area contributed by atoms with Crippen molar-refractivity contribution in [1.82, 2.24) is 0 Å². The smallest absolute Gasteiger partial charge is 0.412 e. The fourth-order valence-electron chi connectivity index (χ4n) is 1.37. The van der Waals surface area contributed by atoms with Gasteiger partial charge >= 0.3 is 6.09 Å². The van der Waals surface area contributed by atoms with Crippen molar-refractivity contribution in [2.75, 3.05) is 5.32 Å². The lowest BCUT2D eigenvalue weighted by molar-refractivity contribution is 0.0636. The number of anilines is 1. The molecule has 0 aliphatic carbocycles. The Morgan fingerprint density at radius 2 is 2.17 bits per heavy atom. The Morgan fingerprint density at radius 1 is 1.50 bits per heavy atom. The lowest BCUT2D eigenvalue weighted by Crippen LogP contribution is -2.27. The van der Waals surface area contributed by atoms with Crippen LogP contribution < -0.4 is 5.32 Å². The summed E-state index contributed by atoms with van der Waals surface area (Å²) in [6, 6.07) is 4.59. The lowest BCUT2D eigenvalue weighted by Gasteiger charge is -2.20. The van der Waals surface area contributed by atoms with Crippen molar-refractivity contribution < 1.29 is 14.6 Å². The number of ether oxygens (including phenoxy) is 1. The molecule has 1 aromatic rings. The molecule has 0 atom stereocenters. The number of benzene rings is 1. The van der Waals surface area contributed by atoms with Crippen LogP contribution in [0, 0.1) is 12.3 Å². The van der Waals surface area contributed by atoms with Crippen LogP contribution in [0.3, 0.4) is 0 Å². The van der Waals surface area contributed by atoms with E-state index in [0.717, 1.165) is 0 Å². The van der Waals surface area contributed by atoms with Crippen LogP contribution in [-0.4, -0.2) is 16.8 Å². The Kier molecular flexibility index (Phi) is 4.22. The van der Waals surface area contributed by atoms with Crippen LogP contribution in [0.15, 0.2) is 18.2 Å². The summed E-state index contributed by atoms with van der Waals surface area (Å²) in [4.78, 5) is 11.6. The standard InChI is InChI=1S/C14H17NO3/c1-5-6-10-9-11(16)7-8-12(10)15-13(17)18-14(2,3)4/h1,7-9,16H,6H2,2-4H3,(H,15,17). The molecular weight excluding hydrogens is 230 g/mol. The van der Waals surface area contributed by atoms with E-state index in [9.17, 15) is 9.90 Å². The zero-order valence-corrected chi connectivity index (χ0v) is 10.8. The van der Waals surface area contributed by atoms with Gasteiger partial charge in [-0.25, -0.2) is 4.79 Å². The Bertz CT molecular complexity index is 481. The van der Waals surface area contributed by atoms with Crippen LogP contribution in [0.4, 0.5) is 10.5 Å². The predicted octanol–water partition coefficient (Wildman–Crippen LogP) is 2.91. The second kappa shape index (κ2) is 5.46. The first-order valence-electron chi connectivity index (χ1n) is 5.57. The summed E-state index contributed by atoms with van der Waals surface area (Å²) in [7, 11) is 0. The summed E-state index contributed by atoms with van der Waals surface area (Å²) < 4.78 is 5.14. The number of hydrogen-bond donors (Lipinski definition) is 2. The maximum absolute atomic E-state index is 11.6. The van der Waals surface area contributed by atoms with Crippen molar-refractivity contribution in [3.05, 3.63) is 23.8 Å². The van der Waals surface area contributed by atoms with Crippen molar-refractivity contribution in [3.63, 3.8) is 0 Å². The third-order valence-corrected chi connectivity index (χ3v) is 2.02. The van der Waals surface area contributed by atoms with E-state index in [1.54, 1.807) is 26.8 Å². The van der Waals surface area contributed by atoms with Crippen LogP contribution >= 0.6 is 0 Å². The second-order valence-electron chi connectivity index (χ2n) is 4.85. The molecule has 4 heteroatoms. The molecule has 1 aromatic carbocycles. The molecule has 1 amide bonds. The van der Waals surface area contributed by atoms with Crippen LogP contribution in [0.1, 0.15) is 26.3 Å². The highest BCUT2D eigenvalue weighted by Crippen LogP contribution is 2.22. The van der Waals surface area contributed by atoms with Gasteiger partial charge in [0.1, 0.15) is 11.4 Å². The van der Waals surface area contributed by atoms with E-state index in [0.29, 0.717) is 17.7 Å². The van der Waals surface area contributed by atoms with Crippen molar-refractivity contribution in [2.24, 2.45) is 0 Å². The topological polar surface area (TPSA) is 58.6 Å². The number of phenolic OH excluding ortho intramolecular Hbond substituents is 1. The molecule has 4 nitrogen and oxygen atoms in total. The van der Waals surface area contributed by atoms with Gasteiger partial charge in [0, 0.05) is 12.1 Å². The predicted molar refractivity (Wildman–Crippen MR) is 70.5 cm³/mol. The summed E-state index contributed by atoms with van der Waals surface area (Å²) >= 11 is 0. The van der Waals surface area contributed by atoms with E-state index in [2.05, 4.69) is 11.2 Å². The normalized spacial score (nSPS) is 10.6. The minimum Gasteiger partial charge on any atom is -0.508 e. The molecule has 0 saturated heterocycles. The Labute approximate surface area is 107 Å². The maximum Gasteiger partial charge on any atom is 0.412 e. The highest BCUT2D eigenvalue weighted by molar-refractivity contribution is 5.86. The van der Waals surface area contributed by atoms with Crippen LogP contribution in [0.25, 0.3) is 0 Å². The molecule has 0 aliphatic rings. The number of rotatable bonds is 2. The SMILES string of the molecule is C#CCc1cc(O)ccc1NC(=O)OC(C)(C)C. The minimum absolute atomic E-state index is 0.106. The first-order valence-corrected chi connectivity index (χ1v) is 5.57. The highest BCUT2D eigenvalue weighted by atomic mass is 16.6. The summed E-state index contributed by atoms with van der Waals surface area (Å²) in [6.45, 7) is 5.35. The molecular formula is C14H17NO3. The number of nitrogens with one attached hydrogen (secondary N) is 1. The molecule has 0 heterocycles. The average molecular weight is 247 g/mol. The molecule has 0 saturated carbocycles. The van der Waals surface area contributed by atoms with Gasteiger partial charge in [0.2, 0.25) is 0 Å². The maximum atomic E-state index is 11.6. The summed E-state index contributed by atoms with van der Waals surface area (Å²) in [5.41, 5.74) is 0.649. The van der Waals surface area contributed by atoms with Crippen LogP contribution in [-0.2, 0) is 11.2 Å². The fourth-order valence-corrected chi connectivity index (χ4v) is 1.37. The fraction of sp³-hybridized carbons (Fsp3) is 0.357. The van der Waals surface area contributed by atoms with Crippen molar-refractivity contribution in [3.8, 4) is 18.1 Å². The van der Waals surface area contributed by atoms with Crippen molar-refractivity contribution in [2.45, 2.75) is 32.8 Å². The number of carbonyl (C=O) groups is 1. The number of amides is 1. The molecule has 0 aromatic heterocycles. The Hall–Kier alpha value is -2.15. The molecule has 1 rings (SSSR count). The molecule has 0 aliphatic heterocycles. The minimum atomic E-state index is -0.562. The molecule has 18 heavy (non-hydrogen) atoms. The van der Waals surface area contributed by atoms with Gasteiger partial charge in [-0.1, -0.05) is 0 Å². The molecule has 0 fully saturated rings. The monoisotopic (exact) mass is 247 g/mol. The van der Waals surface area contributed by atoms with Gasteiger partial charge in [-0.2, -0.15) is 0 Å². The number of aromatic hydroxyl groups is 1. The molecule has 0 unspecified atom stereocenters. The Balaban J connectivity index is 2.84. The van der Waals surface area contributed by atoms with E-state index in [1.807, 2.05) is 0 Å². The molecule has 0 bridgehead atoms. The van der Waals surface area contributed by atoms with E-state index >= 15 is 0 Å². The molecule has 0 spiro atoms. The van der Waals surface area contributed by atoms with Gasteiger partial charge < -0.3 is 9.84 Å². The summed E-state index contributed by atoms with van der Waals surface area (Å²) in [5, 5.41) is 12.0.